The molecule has 0 fully saturated rings. The van der Waals surface area contributed by atoms with Crippen LogP contribution in [0.25, 0.3) is 0 Å². The maximum Gasteiger partial charge on any atom is 0.309 e. The van der Waals surface area contributed by atoms with Gasteiger partial charge in [0.25, 0.3) is 0 Å². The van der Waals surface area contributed by atoms with Crippen molar-refractivity contribution in [2.75, 3.05) is 7.11 Å². The van der Waals surface area contributed by atoms with Crippen LogP contribution in [0.1, 0.15) is 16.7 Å². The molecule has 2 aromatic carbocycles. The summed E-state index contributed by atoms with van der Waals surface area (Å²) < 4.78 is 10.4. The quantitative estimate of drug-likeness (QED) is 0.757. The van der Waals surface area contributed by atoms with Crippen LogP contribution in [0.15, 0.2) is 54.6 Å². The lowest BCUT2D eigenvalue weighted by atomic mass is 10.1. The highest BCUT2D eigenvalue weighted by atomic mass is 16.5. The lowest BCUT2D eigenvalue weighted by Crippen LogP contribution is -2.07. The third-order valence-corrected chi connectivity index (χ3v) is 3.05. The first-order chi connectivity index (χ1) is 9.79. The highest BCUT2D eigenvalue weighted by molar-refractivity contribution is 5.72. The van der Waals surface area contributed by atoms with E-state index in [1.54, 1.807) is 0 Å². The number of carbonyl (C=O) groups excluding carboxylic acids is 1. The molecule has 0 aliphatic heterocycles. The van der Waals surface area contributed by atoms with Gasteiger partial charge in [0.2, 0.25) is 0 Å². The van der Waals surface area contributed by atoms with E-state index in [4.69, 9.17) is 9.47 Å². The topological polar surface area (TPSA) is 35.5 Å². The van der Waals surface area contributed by atoms with Crippen molar-refractivity contribution >= 4 is 5.97 Å². The van der Waals surface area contributed by atoms with Crippen molar-refractivity contribution in [1.29, 1.82) is 0 Å². The second-order valence-corrected chi connectivity index (χ2v) is 4.50. The maximum atomic E-state index is 11.4. The van der Waals surface area contributed by atoms with Crippen LogP contribution in [-0.4, -0.2) is 13.1 Å². The van der Waals surface area contributed by atoms with Crippen LogP contribution < -0.4 is 0 Å². The van der Waals surface area contributed by atoms with Crippen LogP contribution in [0.5, 0.6) is 0 Å². The zero-order valence-electron chi connectivity index (χ0n) is 11.5. The zero-order valence-corrected chi connectivity index (χ0v) is 11.5. The number of hydrogen-bond donors (Lipinski definition) is 0. The zero-order chi connectivity index (χ0) is 14.2. The number of ether oxygens (including phenoxy) is 2. The van der Waals surface area contributed by atoms with E-state index in [-0.39, 0.29) is 12.4 Å². The van der Waals surface area contributed by atoms with E-state index in [1.807, 2.05) is 54.6 Å². The average molecular weight is 270 g/mol. The predicted molar refractivity (Wildman–Crippen MR) is 77.1 cm³/mol. The van der Waals surface area contributed by atoms with Gasteiger partial charge < -0.3 is 9.47 Å². The van der Waals surface area contributed by atoms with E-state index in [1.165, 1.54) is 7.11 Å². The van der Waals surface area contributed by atoms with E-state index in [2.05, 4.69) is 0 Å². The van der Waals surface area contributed by atoms with E-state index in [0.29, 0.717) is 13.2 Å². The minimum atomic E-state index is -0.236. The van der Waals surface area contributed by atoms with Gasteiger partial charge in [-0.3, -0.25) is 4.79 Å². The van der Waals surface area contributed by atoms with Crippen molar-refractivity contribution in [2.45, 2.75) is 19.6 Å². The van der Waals surface area contributed by atoms with Gasteiger partial charge >= 0.3 is 5.97 Å². The van der Waals surface area contributed by atoms with E-state index in [9.17, 15) is 4.79 Å². The molecule has 0 spiro atoms. The molecule has 2 rings (SSSR count). The molecule has 0 amide bonds. The van der Waals surface area contributed by atoms with Crippen molar-refractivity contribution in [3.8, 4) is 0 Å². The van der Waals surface area contributed by atoms with Gasteiger partial charge in [0.05, 0.1) is 26.7 Å². The Balaban J connectivity index is 1.94. The summed E-state index contributed by atoms with van der Waals surface area (Å²) in [5, 5.41) is 0. The highest BCUT2D eigenvalue weighted by Gasteiger charge is 2.07. The fourth-order valence-corrected chi connectivity index (χ4v) is 1.95. The van der Waals surface area contributed by atoms with Crippen molar-refractivity contribution in [3.63, 3.8) is 0 Å². The first kappa shape index (κ1) is 14.3. The van der Waals surface area contributed by atoms with Crippen LogP contribution in [-0.2, 0) is 33.9 Å². The standard InChI is InChI=1S/C17H18O3/c1-19-17(18)11-15-9-5-6-10-16(15)13-20-12-14-7-3-2-4-8-14/h2-10H,11-13H2,1H3. The summed E-state index contributed by atoms with van der Waals surface area (Å²) in [7, 11) is 1.40. The minimum Gasteiger partial charge on any atom is -0.469 e. The number of esters is 1. The molecule has 0 heterocycles. The molecule has 0 N–H and O–H groups in total. The van der Waals surface area contributed by atoms with E-state index in [0.717, 1.165) is 16.7 Å². The van der Waals surface area contributed by atoms with Crippen molar-refractivity contribution in [2.24, 2.45) is 0 Å². The number of rotatable bonds is 6. The third kappa shape index (κ3) is 4.21. The SMILES string of the molecule is COC(=O)Cc1ccccc1COCc1ccccc1. The van der Waals surface area contributed by atoms with Gasteiger partial charge in [0.15, 0.2) is 0 Å². The molecule has 0 aromatic heterocycles. The minimum absolute atomic E-state index is 0.236. The fourth-order valence-electron chi connectivity index (χ4n) is 1.95. The molecular formula is C17H18O3. The number of hydrogen-bond acceptors (Lipinski definition) is 3. The van der Waals surface area contributed by atoms with Gasteiger partial charge in [0, 0.05) is 0 Å². The highest BCUT2D eigenvalue weighted by Crippen LogP contribution is 2.13. The van der Waals surface area contributed by atoms with Gasteiger partial charge in [-0.05, 0) is 16.7 Å². The van der Waals surface area contributed by atoms with E-state index >= 15 is 0 Å². The summed E-state index contributed by atoms with van der Waals surface area (Å²) >= 11 is 0. The Morgan fingerprint density at radius 1 is 0.900 bits per heavy atom. The van der Waals surface area contributed by atoms with Crippen molar-refractivity contribution < 1.29 is 14.3 Å². The van der Waals surface area contributed by atoms with Crippen LogP contribution >= 0.6 is 0 Å². The summed E-state index contributed by atoms with van der Waals surface area (Å²) in [6.45, 7) is 1.05. The fraction of sp³-hybridized carbons (Fsp3) is 0.235. The number of methoxy groups -OCH3 is 1. The summed E-state index contributed by atoms with van der Waals surface area (Å²) in [4.78, 5) is 11.4. The summed E-state index contributed by atoms with van der Waals surface area (Å²) in [6.07, 6.45) is 0.279. The average Bonchev–Trinajstić information content (AvgIpc) is 2.50. The van der Waals surface area contributed by atoms with Gasteiger partial charge in [-0.15, -0.1) is 0 Å². The molecular weight excluding hydrogens is 252 g/mol. The van der Waals surface area contributed by atoms with Crippen molar-refractivity contribution in [1.82, 2.24) is 0 Å². The van der Waals surface area contributed by atoms with Gasteiger partial charge in [-0.25, -0.2) is 0 Å². The normalized spacial score (nSPS) is 10.2. The molecule has 2 aromatic rings. The Bertz CT molecular complexity index is 549. The molecule has 0 aliphatic carbocycles. The van der Waals surface area contributed by atoms with Crippen LogP contribution in [0.4, 0.5) is 0 Å². The van der Waals surface area contributed by atoms with Crippen LogP contribution in [0.3, 0.4) is 0 Å². The molecule has 0 saturated carbocycles. The molecule has 0 saturated heterocycles. The number of benzene rings is 2. The predicted octanol–water partition coefficient (Wildman–Crippen LogP) is 3.12. The summed E-state index contributed by atoms with van der Waals surface area (Å²) in [5.74, 6) is -0.236. The molecule has 20 heavy (non-hydrogen) atoms. The monoisotopic (exact) mass is 270 g/mol. The first-order valence-corrected chi connectivity index (χ1v) is 6.55. The molecule has 3 nitrogen and oxygen atoms in total. The first-order valence-electron chi connectivity index (χ1n) is 6.55. The van der Waals surface area contributed by atoms with Gasteiger partial charge in [0.1, 0.15) is 0 Å². The van der Waals surface area contributed by atoms with Crippen molar-refractivity contribution in [3.05, 3.63) is 71.3 Å². The lowest BCUT2D eigenvalue weighted by molar-refractivity contribution is -0.139. The summed E-state index contributed by atoms with van der Waals surface area (Å²) in [5.41, 5.74) is 3.11. The molecule has 0 radical (unpaired) electrons. The molecule has 0 bridgehead atoms. The smallest absolute Gasteiger partial charge is 0.309 e. The molecule has 0 atom stereocenters. The lowest BCUT2D eigenvalue weighted by Gasteiger charge is -2.09. The Labute approximate surface area is 119 Å². The Morgan fingerprint density at radius 3 is 2.25 bits per heavy atom. The molecule has 0 unspecified atom stereocenters. The summed E-state index contributed by atoms with van der Waals surface area (Å²) in [6, 6.07) is 17.8. The Morgan fingerprint density at radius 2 is 1.55 bits per heavy atom. The largest absolute Gasteiger partial charge is 0.469 e. The second kappa shape index (κ2) is 7.46. The second-order valence-electron chi connectivity index (χ2n) is 4.50. The number of carbonyl (C=O) groups is 1. The maximum absolute atomic E-state index is 11.4. The van der Waals surface area contributed by atoms with Crippen LogP contribution in [0, 0.1) is 0 Å². The molecule has 3 heteroatoms. The molecule has 104 valence electrons. The Kier molecular flexibility index (Phi) is 5.33. The van der Waals surface area contributed by atoms with Gasteiger partial charge in [-0.2, -0.15) is 0 Å². The Hall–Kier alpha value is -2.13. The van der Waals surface area contributed by atoms with Crippen LogP contribution in [0.2, 0.25) is 0 Å². The molecule has 0 aliphatic rings. The van der Waals surface area contributed by atoms with E-state index < -0.39 is 0 Å². The van der Waals surface area contributed by atoms with Gasteiger partial charge in [-0.1, -0.05) is 54.6 Å². The third-order valence-electron chi connectivity index (χ3n) is 3.05.